The first-order valence-corrected chi connectivity index (χ1v) is 13.2. The third kappa shape index (κ3) is 5.42. The Balaban J connectivity index is 1.88. The molecule has 2 aromatic carbocycles. The summed E-state index contributed by atoms with van der Waals surface area (Å²) in [4.78, 5) is 14.3. The van der Waals surface area contributed by atoms with Crippen LogP contribution in [0.3, 0.4) is 0 Å². The number of carbonyl (C=O) groups is 1. The van der Waals surface area contributed by atoms with Gasteiger partial charge in [-0.3, -0.25) is 4.90 Å². The number of aromatic nitrogens is 1. The van der Waals surface area contributed by atoms with E-state index in [1.54, 1.807) is 19.1 Å². The molecule has 0 radical (unpaired) electrons. The van der Waals surface area contributed by atoms with Crippen molar-refractivity contribution < 1.29 is 28.5 Å². The van der Waals surface area contributed by atoms with Crippen LogP contribution in [0.15, 0.2) is 36.5 Å². The lowest BCUT2D eigenvalue weighted by Gasteiger charge is -2.21. The van der Waals surface area contributed by atoms with Gasteiger partial charge in [-0.2, -0.15) is 0 Å². The minimum atomic E-state index is -0.621. The van der Waals surface area contributed by atoms with Gasteiger partial charge in [-0.25, -0.2) is 4.79 Å². The van der Waals surface area contributed by atoms with E-state index in [-0.39, 0.29) is 24.3 Å². The van der Waals surface area contributed by atoms with Crippen LogP contribution in [0, 0.1) is 19.3 Å². The molecule has 0 unspecified atom stereocenters. The van der Waals surface area contributed by atoms with Gasteiger partial charge in [-0.15, -0.1) is 6.42 Å². The highest BCUT2D eigenvalue weighted by Crippen LogP contribution is 2.53. The number of halogens is 1. The molecule has 202 valence electrons. The number of nitrogens with zero attached hydrogens (tertiary/aromatic N) is 2. The highest BCUT2D eigenvalue weighted by Gasteiger charge is 2.53. The molecule has 0 bridgehead atoms. The molecule has 1 saturated heterocycles. The molecule has 3 aromatic rings. The van der Waals surface area contributed by atoms with Crippen molar-refractivity contribution in [2.75, 3.05) is 20.8 Å². The summed E-state index contributed by atoms with van der Waals surface area (Å²) < 4.78 is 31.5. The van der Waals surface area contributed by atoms with Crippen molar-refractivity contribution >= 4 is 32.9 Å². The first-order chi connectivity index (χ1) is 18.1. The lowest BCUT2D eigenvalue weighted by atomic mass is 10.1. The number of rotatable bonds is 9. The van der Waals surface area contributed by atoms with Crippen molar-refractivity contribution in [2.45, 2.75) is 57.6 Å². The fourth-order valence-corrected chi connectivity index (χ4v) is 5.29. The van der Waals surface area contributed by atoms with E-state index in [0.717, 1.165) is 27.6 Å². The Morgan fingerprint density at radius 2 is 1.76 bits per heavy atom. The van der Waals surface area contributed by atoms with Crippen molar-refractivity contribution in [1.82, 2.24) is 9.47 Å². The zero-order valence-corrected chi connectivity index (χ0v) is 24.1. The standard InChI is InChI=1S/C29H33BrN2O6/c1-8-14-36-17-20-15-31(27-26(30)32(27)28(33)38-29(3,4)5)22-21(20)25(24(35-7)18(2)23(22)34-6)37-16-19-12-10-9-11-13-19/h1,9-13,15,26-27H,14,16-17H2,2-7H3/t26-,27+,32?/m0/s1. The summed E-state index contributed by atoms with van der Waals surface area (Å²) in [5, 5.41) is 0.771. The minimum absolute atomic E-state index is 0.154. The van der Waals surface area contributed by atoms with Gasteiger partial charge >= 0.3 is 6.09 Å². The van der Waals surface area contributed by atoms with Gasteiger partial charge in [0.05, 0.1) is 31.7 Å². The number of benzene rings is 2. The van der Waals surface area contributed by atoms with Crippen LogP contribution in [0.4, 0.5) is 4.79 Å². The van der Waals surface area contributed by atoms with Crippen LogP contribution < -0.4 is 14.2 Å². The molecule has 0 N–H and O–H groups in total. The molecule has 1 amide bonds. The third-order valence-electron chi connectivity index (χ3n) is 6.11. The molecule has 1 aliphatic rings. The quantitative estimate of drug-likeness (QED) is 0.0985. The molecule has 0 spiro atoms. The monoisotopic (exact) mass is 584 g/mol. The van der Waals surface area contributed by atoms with E-state index in [1.165, 1.54) is 0 Å². The Kier molecular flexibility index (Phi) is 8.14. The summed E-state index contributed by atoms with van der Waals surface area (Å²) >= 11 is 3.64. The van der Waals surface area contributed by atoms with Crippen LogP contribution in [0.1, 0.15) is 43.6 Å². The second-order valence-corrected chi connectivity index (χ2v) is 10.9. The van der Waals surface area contributed by atoms with E-state index >= 15 is 0 Å². The van der Waals surface area contributed by atoms with Gasteiger partial charge in [0.25, 0.3) is 0 Å². The van der Waals surface area contributed by atoms with Crippen LogP contribution in [-0.4, -0.2) is 46.9 Å². The predicted octanol–water partition coefficient (Wildman–Crippen LogP) is 6.17. The van der Waals surface area contributed by atoms with Crippen molar-refractivity contribution in [3.63, 3.8) is 0 Å². The highest BCUT2D eigenvalue weighted by atomic mass is 79.9. The van der Waals surface area contributed by atoms with Crippen LogP contribution in [-0.2, 0) is 22.7 Å². The second-order valence-electron chi connectivity index (χ2n) is 9.95. The Morgan fingerprint density at radius 1 is 1.08 bits per heavy atom. The van der Waals surface area contributed by atoms with Gasteiger partial charge in [0.1, 0.15) is 35.7 Å². The first-order valence-electron chi connectivity index (χ1n) is 12.2. The molecule has 9 heteroatoms. The smallest absolute Gasteiger partial charge is 0.413 e. The molecular formula is C29H33BrN2O6. The summed E-state index contributed by atoms with van der Waals surface area (Å²) in [5.74, 6) is 4.26. The third-order valence-corrected chi connectivity index (χ3v) is 7.03. The molecule has 38 heavy (non-hydrogen) atoms. The summed E-state index contributed by atoms with van der Waals surface area (Å²) in [6.07, 6.45) is 6.61. The molecule has 1 aliphatic heterocycles. The lowest BCUT2D eigenvalue weighted by Crippen LogP contribution is -2.28. The van der Waals surface area contributed by atoms with E-state index in [0.29, 0.717) is 23.9 Å². The number of ether oxygens (including phenoxy) is 5. The fraction of sp³-hybridized carbons (Fsp3) is 0.414. The highest BCUT2D eigenvalue weighted by molar-refractivity contribution is 9.09. The van der Waals surface area contributed by atoms with Crippen LogP contribution in [0.5, 0.6) is 17.2 Å². The molecule has 1 aromatic heterocycles. The average Bonchev–Trinajstić information content (AvgIpc) is 3.41. The number of terminal acetylenes is 1. The number of hydrogen-bond acceptors (Lipinski definition) is 6. The minimum Gasteiger partial charge on any atom is -0.494 e. The van der Waals surface area contributed by atoms with E-state index in [1.807, 2.05) is 68.8 Å². The number of alkyl halides is 1. The maximum atomic E-state index is 13.0. The molecule has 2 heterocycles. The van der Waals surface area contributed by atoms with Gasteiger partial charge in [0, 0.05) is 17.3 Å². The number of hydrogen-bond donors (Lipinski definition) is 0. The van der Waals surface area contributed by atoms with Crippen molar-refractivity contribution in [3.05, 3.63) is 53.2 Å². The van der Waals surface area contributed by atoms with Crippen molar-refractivity contribution in [3.8, 4) is 29.6 Å². The number of carbonyl (C=O) groups excluding carboxylic acids is 1. The lowest BCUT2D eigenvalue weighted by molar-refractivity contribution is 0.0392. The first kappa shape index (κ1) is 27.7. The van der Waals surface area contributed by atoms with Gasteiger partial charge < -0.3 is 28.3 Å². The fourth-order valence-electron chi connectivity index (χ4n) is 4.51. The van der Waals surface area contributed by atoms with E-state index in [9.17, 15) is 4.79 Å². The van der Waals surface area contributed by atoms with Gasteiger partial charge in [-0.05, 0) is 33.3 Å². The van der Waals surface area contributed by atoms with E-state index < -0.39 is 11.7 Å². The van der Waals surface area contributed by atoms with E-state index in [2.05, 4.69) is 21.9 Å². The molecule has 8 nitrogen and oxygen atoms in total. The Morgan fingerprint density at radius 3 is 2.37 bits per heavy atom. The number of fused-ring (bicyclic) bond motifs is 1. The summed E-state index contributed by atoms with van der Waals surface area (Å²) in [7, 11) is 3.22. The zero-order valence-electron chi connectivity index (χ0n) is 22.5. The maximum absolute atomic E-state index is 13.0. The normalized spacial score (nSPS) is 16.7. The number of methoxy groups -OCH3 is 2. The molecule has 0 aliphatic carbocycles. The summed E-state index contributed by atoms with van der Waals surface area (Å²) in [6.45, 7) is 8.16. The average molecular weight is 585 g/mol. The van der Waals surface area contributed by atoms with Crippen molar-refractivity contribution in [2.24, 2.45) is 0 Å². The summed E-state index contributed by atoms with van der Waals surface area (Å²) in [6, 6.07) is 9.90. The molecule has 2 atom stereocenters. The zero-order chi connectivity index (χ0) is 27.6. The molecular weight excluding hydrogens is 552 g/mol. The molecule has 1 fully saturated rings. The second kappa shape index (κ2) is 11.2. The van der Waals surface area contributed by atoms with Crippen molar-refractivity contribution in [1.29, 1.82) is 0 Å². The SMILES string of the molecule is C#CCOCc1cn([C@H]2[C@@H](Br)N2C(=O)OC(C)(C)C)c2c(OC)c(C)c(OC)c(OCc3ccccc3)c12. The Hall–Kier alpha value is -3.35. The van der Waals surface area contributed by atoms with Gasteiger partial charge in [0.15, 0.2) is 11.5 Å². The molecule has 4 rings (SSSR count). The summed E-state index contributed by atoms with van der Waals surface area (Å²) in [5.41, 5.74) is 2.75. The predicted molar refractivity (Wildman–Crippen MR) is 149 cm³/mol. The largest absolute Gasteiger partial charge is 0.494 e. The van der Waals surface area contributed by atoms with Crippen LogP contribution in [0.2, 0.25) is 0 Å². The van der Waals surface area contributed by atoms with Crippen LogP contribution >= 0.6 is 15.9 Å². The van der Waals surface area contributed by atoms with Crippen LogP contribution in [0.25, 0.3) is 10.9 Å². The van der Waals surface area contributed by atoms with E-state index in [4.69, 9.17) is 30.1 Å². The molecule has 0 saturated carbocycles. The number of amides is 1. The maximum Gasteiger partial charge on any atom is 0.413 e. The van der Waals surface area contributed by atoms with Gasteiger partial charge in [0.2, 0.25) is 0 Å². The van der Waals surface area contributed by atoms with Gasteiger partial charge in [-0.1, -0.05) is 52.2 Å². The Bertz CT molecular complexity index is 1360. The topological polar surface area (TPSA) is 71.2 Å². The Labute approximate surface area is 231 Å².